The number of fused-ring (bicyclic) bond motifs is 1. The van der Waals surface area contributed by atoms with Gasteiger partial charge in [0.05, 0.1) is 13.7 Å². The summed E-state index contributed by atoms with van der Waals surface area (Å²) in [5, 5.41) is 13.9. The molecule has 4 rings (SSSR count). The molecule has 0 unspecified atom stereocenters. The number of nitrogens with one attached hydrogen (secondary N) is 2. The number of ether oxygens (including phenoxy) is 2. The lowest BCUT2D eigenvalue weighted by molar-refractivity contribution is 0.0938. The number of nitrogens with zero attached hydrogens (tertiary/aromatic N) is 3. The van der Waals surface area contributed by atoms with Crippen molar-refractivity contribution in [3.63, 3.8) is 0 Å². The average Bonchev–Trinajstić information content (AvgIpc) is 3.15. The largest absolute Gasteiger partial charge is 0.497 e. The lowest BCUT2D eigenvalue weighted by Gasteiger charge is -2.16. The summed E-state index contributed by atoms with van der Waals surface area (Å²) in [6.07, 6.45) is -0.959. The highest BCUT2D eigenvalue weighted by Gasteiger charge is 2.20. The topological polar surface area (TPSA) is 123 Å². The summed E-state index contributed by atoms with van der Waals surface area (Å²) in [7, 11) is 3.10. The number of H-pyrrole nitrogens is 1. The van der Waals surface area contributed by atoms with Crippen LogP contribution in [0.1, 0.15) is 5.56 Å². The normalized spacial score (nSPS) is 12.0. The summed E-state index contributed by atoms with van der Waals surface area (Å²) in [6, 6.07) is 14.6. The van der Waals surface area contributed by atoms with E-state index in [9.17, 15) is 14.7 Å². The highest BCUT2D eigenvalue weighted by molar-refractivity contribution is 5.75. The third-order valence-electron chi connectivity index (χ3n) is 5.18. The molecule has 0 amide bonds. The number of anilines is 2. The standard InChI is InChI=1S/C23H25N5O5/c1-14-5-4-6-15(11-14)24-22-25-20-19(21(30)26-23(31)27(20)2)28(22)12-16(29)13-33-18-9-7-17(32-3)8-10-18/h4-11,16,29H,12-13H2,1-3H3,(H,24,25)(H,26,30,31)/t16-/m0/s1. The minimum atomic E-state index is -0.959. The average molecular weight is 451 g/mol. The molecule has 0 aliphatic heterocycles. The SMILES string of the molecule is COc1ccc(OC[C@@H](O)Cn2c(Nc3cccc(C)c3)nc3c2c(=O)[nH]c(=O)n3C)cc1. The van der Waals surface area contributed by atoms with Gasteiger partial charge >= 0.3 is 5.69 Å². The van der Waals surface area contributed by atoms with Crippen LogP contribution in [0.25, 0.3) is 11.2 Å². The van der Waals surface area contributed by atoms with Crippen molar-refractivity contribution in [1.82, 2.24) is 19.1 Å². The second-order valence-corrected chi connectivity index (χ2v) is 7.67. The number of aromatic nitrogens is 4. The van der Waals surface area contributed by atoms with Crippen LogP contribution in [0.4, 0.5) is 11.6 Å². The predicted octanol–water partition coefficient (Wildman–Crippen LogP) is 1.92. The van der Waals surface area contributed by atoms with Crippen molar-refractivity contribution in [3.05, 3.63) is 74.9 Å². The lowest BCUT2D eigenvalue weighted by Crippen LogP contribution is -2.30. The van der Waals surface area contributed by atoms with Crippen LogP contribution in [0.3, 0.4) is 0 Å². The fourth-order valence-corrected chi connectivity index (χ4v) is 3.49. The van der Waals surface area contributed by atoms with E-state index in [1.807, 2.05) is 31.2 Å². The Hall–Kier alpha value is -4.05. The Kier molecular flexibility index (Phi) is 6.18. The van der Waals surface area contributed by atoms with Crippen LogP contribution in [-0.4, -0.2) is 44.0 Å². The molecule has 0 fully saturated rings. The molecule has 3 N–H and O–H groups in total. The quantitative estimate of drug-likeness (QED) is 0.374. The number of aliphatic hydroxyl groups excluding tert-OH is 1. The van der Waals surface area contributed by atoms with Gasteiger partial charge in [-0.2, -0.15) is 4.98 Å². The van der Waals surface area contributed by atoms with Gasteiger partial charge in [-0.05, 0) is 48.9 Å². The number of aromatic amines is 1. The lowest BCUT2D eigenvalue weighted by atomic mass is 10.2. The minimum absolute atomic E-state index is 0.0143. The Labute approximate surface area is 189 Å². The van der Waals surface area contributed by atoms with E-state index in [0.717, 1.165) is 11.3 Å². The molecule has 1 atom stereocenters. The third-order valence-corrected chi connectivity index (χ3v) is 5.18. The molecule has 4 aromatic rings. The van der Waals surface area contributed by atoms with Gasteiger partial charge in [0.2, 0.25) is 5.95 Å². The zero-order valence-corrected chi connectivity index (χ0v) is 18.5. The van der Waals surface area contributed by atoms with Crippen molar-refractivity contribution in [2.75, 3.05) is 19.0 Å². The number of hydrogen-bond acceptors (Lipinski definition) is 7. The van der Waals surface area contributed by atoms with Crippen molar-refractivity contribution in [2.24, 2.45) is 7.05 Å². The van der Waals surface area contributed by atoms with E-state index in [-0.39, 0.29) is 24.3 Å². The molecule has 0 aliphatic rings. The number of imidazole rings is 1. The minimum Gasteiger partial charge on any atom is -0.497 e. The van der Waals surface area contributed by atoms with Crippen LogP contribution in [0.2, 0.25) is 0 Å². The van der Waals surface area contributed by atoms with Gasteiger partial charge in [-0.1, -0.05) is 12.1 Å². The van der Waals surface area contributed by atoms with Crippen molar-refractivity contribution in [2.45, 2.75) is 19.6 Å². The molecule has 0 saturated heterocycles. The Balaban J connectivity index is 1.64. The van der Waals surface area contributed by atoms with Gasteiger partial charge in [0, 0.05) is 12.7 Å². The number of benzene rings is 2. The summed E-state index contributed by atoms with van der Waals surface area (Å²) in [4.78, 5) is 31.5. The van der Waals surface area contributed by atoms with Gasteiger partial charge in [0.1, 0.15) is 24.2 Å². The second-order valence-electron chi connectivity index (χ2n) is 7.67. The molecule has 0 spiro atoms. The number of aryl methyl sites for hydroxylation is 2. The van der Waals surface area contributed by atoms with Crippen LogP contribution in [0.5, 0.6) is 11.5 Å². The van der Waals surface area contributed by atoms with E-state index in [0.29, 0.717) is 17.4 Å². The molecular weight excluding hydrogens is 426 g/mol. The van der Waals surface area contributed by atoms with Crippen LogP contribution in [0, 0.1) is 6.92 Å². The van der Waals surface area contributed by atoms with Gasteiger partial charge < -0.3 is 24.5 Å². The van der Waals surface area contributed by atoms with E-state index in [4.69, 9.17) is 9.47 Å². The van der Waals surface area contributed by atoms with E-state index in [1.165, 1.54) is 11.6 Å². The molecule has 0 bridgehead atoms. The van der Waals surface area contributed by atoms with Crippen LogP contribution in [0.15, 0.2) is 58.1 Å². The van der Waals surface area contributed by atoms with E-state index in [2.05, 4.69) is 15.3 Å². The fourth-order valence-electron chi connectivity index (χ4n) is 3.49. The monoisotopic (exact) mass is 451 g/mol. The summed E-state index contributed by atoms with van der Waals surface area (Å²) in [5.41, 5.74) is 1.04. The summed E-state index contributed by atoms with van der Waals surface area (Å²) < 4.78 is 13.6. The first-order valence-corrected chi connectivity index (χ1v) is 10.3. The summed E-state index contributed by atoms with van der Waals surface area (Å²) in [6.45, 7) is 1.96. The second kappa shape index (κ2) is 9.21. The van der Waals surface area contributed by atoms with Crippen molar-refractivity contribution in [3.8, 4) is 11.5 Å². The molecule has 10 nitrogen and oxygen atoms in total. The Morgan fingerprint density at radius 1 is 1.15 bits per heavy atom. The molecule has 2 heterocycles. The summed E-state index contributed by atoms with van der Waals surface area (Å²) >= 11 is 0. The summed E-state index contributed by atoms with van der Waals surface area (Å²) in [5.74, 6) is 1.60. The van der Waals surface area contributed by atoms with Crippen molar-refractivity contribution in [1.29, 1.82) is 0 Å². The smallest absolute Gasteiger partial charge is 0.329 e. The zero-order valence-electron chi connectivity index (χ0n) is 18.5. The highest BCUT2D eigenvalue weighted by Crippen LogP contribution is 2.22. The molecule has 0 aliphatic carbocycles. The van der Waals surface area contributed by atoms with Crippen LogP contribution < -0.4 is 26.0 Å². The third kappa shape index (κ3) is 4.75. The zero-order chi connectivity index (χ0) is 23.5. The molecule has 2 aromatic heterocycles. The maximum atomic E-state index is 12.6. The molecule has 33 heavy (non-hydrogen) atoms. The highest BCUT2D eigenvalue weighted by atomic mass is 16.5. The number of hydrogen-bond donors (Lipinski definition) is 3. The van der Waals surface area contributed by atoms with Crippen molar-refractivity contribution < 1.29 is 14.6 Å². The van der Waals surface area contributed by atoms with E-state index >= 15 is 0 Å². The maximum Gasteiger partial charge on any atom is 0.329 e. The predicted molar refractivity (Wildman–Crippen MR) is 125 cm³/mol. The van der Waals surface area contributed by atoms with Crippen LogP contribution in [-0.2, 0) is 13.6 Å². The van der Waals surface area contributed by atoms with E-state index < -0.39 is 17.4 Å². The molecule has 0 saturated carbocycles. The fraction of sp³-hybridized carbons (Fsp3) is 0.261. The molecule has 10 heteroatoms. The van der Waals surface area contributed by atoms with Gasteiger partial charge in [-0.3, -0.25) is 14.3 Å². The molecule has 0 radical (unpaired) electrons. The van der Waals surface area contributed by atoms with Gasteiger partial charge in [-0.15, -0.1) is 0 Å². The Bertz CT molecular complexity index is 1390. The Morgan fingerprint density at radius 2 is 1.88 bits per heavy atom. The first-order valence-electron chi connectivity index (χ1n) is 10.3. The van der Waals surface area contributed by atoms with Crippen molar-refractivity contribution >= 4 is 22.8 Å². The first-order chi connectivity index (χ1) is 15.9. The Morgan fingerprint density at radius 3 is 2.58 bits per heavy atom. The molecular formula is C23H25N5O5. The molecule has 172 valence electrons. The number of methoxy groups -OCH3 is 1. The van der Waals surface area contributed by atoms with Gasteiger partial charge in [-0.25, -0.2) is 4.79 Å². The van der Waals surface area contributed by atoms with Gasteiger partial charge in [0.25, 0.3) is 5.56 Å². The van der Waals surface area contributed by atoms with Crippen LogP contribution >= 0.6 is 0 Å². The number of rotatable bonds is 8. The van der Waals surface area contributed by atoms with Gasteiger partial charge in [0.15, 0.2) is 11.2 Å². The first kappa shape index (κ1) is 22.2. The maximum absolute atomic E-state index is 12.6. The number of aliphatic hydroxyl groups is 1. The molecule has 2 aromatic carbocycles. The van der Waals surface area contributed by atoms with E-state index in [1.54, 1.807) is 35.9 Å².